The van der Waals surface area contributed by atoms with Crippen LogP contribution >= 0.6 is 0 Å². The zero-order chi connectivity index (χ0) is 16.0. The summed E-state index contributed by atoms with van der Waals surface area (Å²) in [5.41, 5.74) is -0.183. The van der Waals surface area contributed by atoms with Crippen molar-refractivity contribution < 1.29 is 9.72 Å². The Kier molecular flexibility index (Phi) is 6.08. The van der Waals surface area contributed by atoms with Gasteiger partial charge >= 0.3 is 0 Å². The average Bonchev–Trinajstić information content (AvgIpc) is 2.43. The van der Waals surface area contributed by atoms with E-state index in [0.29, 0.717) is 31.4 Å². The van der Waals surface area contributed by atoms with Crippen LogP contribution in [0, 0.1) is 16.0 Å². The SMILES string of the molecule is CCNc1cc(C(=O)N(CC)CC(C)C)c([N+](=O)[O-])cn1. The van der Waals surface area contributed by atoms with Crippen LogP contribution in [0.2, 0.25) is 0 Å². The van der Waals surface area contributed by atoms with Gasteiger partial charge in [0.2, 0.25) is 0 Å². The molecule has 0 bridgehead atoms. The number of aromatic nitrogens is 1. The number of hydrogen-bond donors (Lipinski definition) is 1. The number of nitro groups is 1. The summed E-state index contributed by atoms with van der Waals surface area (Å²) in [6.07, 6.45) is 1.13. The van der Waals surface area contributed by atoms with Gasteiger partial charge in [-0.3, -0.25) is 14.9 Å². The molecule has 0 radical (unpaired) electrons. The summed E-state index contributed by atoms with van der Waals surface area (Å²) >= 11 is 0. The second-order valence-corrected chi connectivity index (χ2v) is 5.11. The maximum atomic E-state index is 12.6. The summed E-state index contributed by atoms with van der Waals surface area (Å²) in [4.78, 5) is 28.7. The molecule has 0 unspecified atom stereocenters. The monoisotopic (exact) mass is 294 g/mol. The van der Waals surface area contributed by atoms with Crippen molar-refractivity contribution in [3.05, 3.63) is 27.9 Å². The fourth-order valence-corrected chi connectivity index (χ4v) is 2.01. The van der Waals surface area contributed by atoms with E-state index < -0.39 is 4.92 Å². The minimum Gasteiger partial charge on any atom is -0.370 e. The molecule has 1 aromatic heterocycles. The molecule has 0 saturated carbocycles. The molecule has 7 heteroatoms. The number of anilines is 1. The third kappa shape index (κ3) is 4.40. The molecule has 1 aromatic rings. The number of hydrogen-bond acceptors (Lipinski definition) is 5. The molecule has 1 N–H and O–H groups in total. The van der Waals surface area contributed by atoms with E-state index in [-0.39, 0.29) is 17.2 Å². The molecule has 0 aliphatic carbocycles. The summed E-state index contributed by atoms with van der Waals surface area (Å²) < 4.78 is 0. The minimum absolute atomic E-state index is 0.0773. The van der Waals surface area contributed by atoms with Crippen molar-refractivity contribution in [3.63, 3.8) is 0 Å². The van der Waals surface area contributed by atoms with Gasteiger partial charge in [-0.2, -0.15) is 0 Å². The Morgan fingerprint density at radius 1 is 1.48 bits per heavy atom. The van der Waals surface area contributed by atoms with Gasteiger partial charge in [-0.25, -0.2) is 4.98 Å². The van der Waals surface area contributed by atoms with Crippen LogP contribution < -0.4 is 5.32 Å². The van der Waals surface area contributed by atoms with E-state index in [1.54, 1.807) is 4.90 Å². The first kappa shape index (κ1) is 16.9. The number of nitrogens with zero attached hydrogens (tertiary/aromatic N) is 3. The normalized spacial score (nSPS) is 10.5. The predicted octanol–water partition coefficient (Wildman–Crippen LogP) is 2.54. The van der Waals surface area contributed by atoms with Crippen molar-refractivity contribution >= 4 is 17.4 Å². The third-order valence-electron chi connectivity index (χ3n) is 2.92. The number of carbonyl (C=O) groups is 1. The van der Waals surface area contributed by atoms with Crippen LogP contribution in [0.1, 0.15) is 38.1 Å². The van der Waals surface area contributed by atoms with Crippen molar-refractivity contribution in [3.8, 4) is 0 Å². The van der Waals surface area contributed by atoms with Crippen molar-refractivity contribution in [2.45, 2.75) is 27.7 Å². The van der Waals surface area contributed by atoms with E-state index in [0.717, 1.165) is 6.20 Å². The van der Waals surface area contributed by atoms with Crippen LogP contribution in [0.4, 0.5) is 11.5 Å². The highest BCUT2D eigenvalue weighted by Crippen LogP contribution is 2.22. The van der Waals surface area contributed by atoms with Crippen LogP contribution in [0.3, 0.4) is 0 Å². The Hall–Kier alpha value is -2.18. The van der Waals surface area contributed by atoms with E-state index in [1.165, 1.54) is 6.07 Å². The van der Waals surface area contributed by atoms with Gasteiger partial charge in [0, 0.05) is 25.7 Å². The van der Waals surface area contributed by atoms with Crippen molar-refractivity contribution in [1.82, 2.24) is 9.88 Å². The molecule has 21 heavy (non-hydrogen) atoms. The lowest BCUT2D eigenvalue weighted by Crippen LogP contribution is -2.34. The Balaban J connectivity index is 3.20. The van der Waals surface area contributed by atoms with E-state index in [9.17, 15) is 14.9 Å². The highest BCUT2D eigenvalue weighted by atomic mass is 16.6. The smallest absolute Gasteiger partial charge is 0.300 e. The fraction of sp³-hybridized carbons (Fsp3) is 0.571. The largest absolute Gasteiger partial charge is 0.370 e. The van der Waals surface area contributed by atoms with E-state index >= 15 is 0 Å². The van der Waals surface area contributed by atoms with Gasteiger partial charge in [0.1, 0.15) is 17.6 Å². The van der Waals surface area contributed by atoms with Gasteiger partial charge in [-0.1, -0.05) is 13.8 Å². The topological polar surface area (TPSA) is 88.4 Å². The first-order chi connectivity index (χ1) is 9.90. The van der Waals surface area contributed by atoms with Crippen molar-refractivity contribution in [2.24, 2.45) is 5.92 Å². The van der Waals surface area contributed by atoms with Gasteiger partial charge in [-0.15, -0.1) is 0 Å². The summed E-state index contributed by atoms with van der Waals surface area (Å²) in [6.45, 7) is 9.45. The van der Waals surface area contributed by atoms with E-state index in [1.807, 2.05) is 27.7 Å². The van der Waals surface area contributed by atoms with Gasteiger partial charge in [0.15, 0.2) is 0 Å². The highest BCUT2D eigenvalue weighted by Gasteiger charge is 2.25. The zero-order valence-electron chi connectivity index (χ0n) is 12.9. The molecule has 7 nitrogen and oxygen atoms in total. The second kappa shape index (κ2) is 7.56. The molecule has 0 aliphatic rings. The molecule has 0 aromatic carbocycles. The van der Waals surface area contributed by atoms with Crippen LogP contribution in [-0.2, 0) is 0 Å². The van der Waals surface area contributed by atoms with Crippen LogP contribution in [-0.4, -0.2) is 40.3 Å². The average molecular weight is 294 g/mol. The quantitative estimate of drug-likeness (QED) is 0.616. The Bertz CT molecular complexity index is 517. The highest BCUT2D eigenvalue weighted by molar-refractivity contribution is 5.98. The summed E-state index contributed by atoms with van der Waals surface area (Å²) in [7, 11) is 0. The van der Waals surface area contributed by atoms with Gasteiger partial charge < -0.3 is 10.2 Å². The van der Waals surface area contributed by atoms with Gasteiger partial charge in [0.25, 0.3) is 11.6 Å². The summed E-state index contributed by atoms with van der Waals surface area (Å²) in [5.74, 6) is 0.425. The minimum atomic E-state index is -0.570. The van der Waals surface area contributed by atoms with Crippen LogP contribution in [0.25, 0.3) is 0 Å². The lowest BCUT2D eigenvalue weighted by molar-refractivity contribution is -0.385. The predicted molar refractivity (Wildman–Crippen MR) is 81.5 cm³/mol. The standard InChI is InChI=1S/C14H22N4O3/c1-5-15-13-7-11(12(8-16-13)18(20)21)14(19)17(6-2)9-10(3)4/h7-8,10H,5-6,9H2,1-4H3,(H,15,16). The number of rotatable bonds is 7. The number of amides is 1. The summed E-state index contributed by atoms with van der Waals surface area (Å²) in [6, 6.07) is 1.45. The molecule has 0 atom stereocenters. The molecule has 1 heterocycles. The first-order valence-corrected chi connectivity index (χ1v) is 7.08. The van der Waals surface area contributed by atoms with E-state index in [4.69, 9.17) is 0 Å². The molecule has 1 rings (SSSR count). The fourth-order valence-electron chi connectivity index (χ4n) is 2.01. The second-order valence-electron chi connectivity index (χ2n) is 5.11. The lowest BCUT2D eigenvalue weighted by atomic mass is 10.1. The lowest BCUT2D eigenvalue weighted by Gasteiger charge is -2.23. The van der Waals surface area contributed by atoms with Crippen LogP contribution in [0.15, 0.2) is 12.3 Å². The molecule has 0 fully saturated rings. The number of nitrogens with one attached hydrogen (secondary N) is 1. The zero-order valence-corrected chi connectivity index (χ0v) is 12.9. The third-order valence-corrected chi connectivity index (χ3v) is 2.92. The molecule has 0 aliphatic heterocycles. The number of pyridine rings is 1. The maximum Gasteiger partial charge on any atom is 0.300 e. The maximum absolute atomic E-state index is 12.6. The molecule has 1 amide bonds. The Labute approximate surface area is 124 Å². The molecule has 0 saturated heterocycles. The molecular formula is C14H22N4O3. The van der Waals surface area contributed by atoms with Crippen molar-refractivity contribution in [2.75, 3.05) is 25.0 Å². The Morgan fingerprint density at radius 2 is 2.14 bits per heavy atom. The molecule has 0 spiro atoms. The van der Waals surface area contributed by atoms with Gasteiger partial charge in [0.05, 0.1) is 4.92 Å². The van der Waals surface area contributed by atoms with Gasteiger partial charge in [-0.05, 0) is 19.8 Å². The molecular weight excluding hydrogens is 272 g/mol. The van der Waals surface area contributed by atoms with E-state index in [2.05, 4.69) is 10.3 Å². The van der Waals surface area contributed by atoms with Crippen molar-refractivity contribution in [1.29, 1.82) is 0 Å². The molecule has 116 valence electrons. The van der Waals surface area contributed by atoms with Crippen LogP contribution in [0.5, 0.6) is 0 Å². The number of carbonyl (C=O) groups excluding carboxylic acids is 1. The summed E-state index contributed by atoms with van der Waals surface area (Å²) in [5, 5.41) is 14.1. The first-order valence-electron chi connectivity index (χ1n) is 7.08. The Morgan fingerprint density at radius 3 is 2.62 bits per heavy atom.